The van der Waals surface area contributed by atoms with Crippen molar-refractivity contribution in [2.24, 2.45) is 0 Å². The third-order valence-electron chi connectivity index (χ3n) is 8.27. The van der Waals surface area contributed by atoms with Crippen LogP contribution in [0.15, 0.2) is 77.3 Å². The van der Waals surface area contributed by atoms with Gasteiger partial charge < -0.3 is 23.6 Å². The molecule has 0 radical (unpaired) electrons. The maximum Gasteiger partial charge on any atom is 0.335 e. The number of carboxylic acid groups (broad SMARTS) is 1. The van der Waals surface area contributed by atoms with Gasteiger partial charge >= 0.3 is 5.97 Å². The van der Waals surface area contributed by atoms with E-state index in [0.29, 0.717) is 47.2 Å². The van der Waals surface area contributed by atoms with Crippen LogP contribution in [-0.4, -0.2) is 43.3 Å². The molecule has 248 valence electrons. The predicted octanol–water partition coefficient (Wildman–Crippen LogP) is 7.64. The lowest BCUT2D eigenvalue weighted by Gasteiger charge is -2.27. The summed E-state index contributed by atoms with van der Waals surface area (Å²) in [4.78, 5) is 24.6. The molecule has 0 unspecified atom stereocenters. The number of halogens is 3. The molecular formula is C37H29F3N4O5. The van der Waals surface area contributed by atoms with Gasteiger partial charge in [-0.2, -0.15) is 0 Å². The summed E-state index contributed by atoms with van der Waals surface area (Å²) in [5.74, 6) is -1.27. The molecule has 0 amide bonds. The lowest BCUT2D eigenvalue weighted by Crippen LogP contribution is -2.31. The van der Waals surface area contributed by atoms with Crippen LogP contribution in [0.1, 0.15) is 50.9 Å². The first-order chi connectivity index (χ1) is 23.7. The number of hydrogen-bond acceptors (Lipinski definition) is 7. The standard InChI is InChI=1S/C37H29F3N4O5/c1-21-41-18-26(49-21)9-6-22-5-7-24(29(38)13-22)20-48-36-4-2-3-32(43-36)28-17-30(39)25(14-31(28)40)16-35-42-33-10-8-23(37(45)46)15-34(33)44(35)19-27-11-12-47-27/h2-10,13-15,17-18,27H,11-12,16,19-20H2,1H3,(H,45,46)/t27-/m0/s1. The van der Waals surface area contributed by atoms with Gasteiger partial charge in [-0.05, 0) is 66.1 Å². The quantitative estimate of drug-likeness (QED) is 0.150. The molecule has 3 aromatic carbocycles. The van der Waals surface area contributed by atoms with E-state index in [4.69, 9.17) is 13.9 Å². The van der Waals surface area contributed by atoms with Gasteiger partial charge in [0.1, 0.15) is 35.6 Å². The summed E-state index contributed by atoms with van der Waals surface area (Å²) in [5.41, 5.74) is 2.27. The largest absolute Gasteiger partial charge is 0.478 e. The zero-order chi connectivity index (χ0) is 34.1. The number of pyridine rings is 1. The molecule has 0 spiro atoms. The molecule has 7 rings (SSSR count). The normalized spacial score (nSPS) is 14.4. The Morgan fingerprint density at radius 3 is 2.57 bits per heavy atom. The molecule has 1 aliphatic rings. The smallest absolute Gasteiger partial charge is 0.335 e. The molecule has 9 nitrogen and oxygen atoms in total. The number of carbonyl (C=O) groups is 1. The maximum atomic E-state index is 15.6. The van der Waals surface area contributed by atoms with Crippen molar-refractivity contribution in [2.45, 2.75) is 39.0 Å². The first-order valence-corrected chi connectivity index (χ1v) is 15.5. The fourth-order valence-electron chi connectivity index (χ4n) is 5.58. The Hall–Kier alpha value is -5.75. The highest BCUT2D eigenvalue weighted by Crippen LogP contribution is 2.29. The predicted molar refractivity (Wildman–Crippen MR) is 174 cm³/mol. The van der Waals surface area contributed by atoms with E-state index in [0.717, 1.165) is 18.6 Å². The SMILES string of the molecule is Cc1ncc(C=Cc2ccc(COc3cccc(-c4cc(F)c(Cc5nc6ccc(C(=O)O)cc6n5C[C@@H]5CCO5)cc4F)n3)c(F)c2)o1. The lowest BCUT2D eigenvalue weighted by molar-refractivity contribution is -0.0589. The Labute approximate surface area is 278 Å². The van der Waals surface area contributed by atoms with Crippen molar-refractivity contribution in [2.75, 3.05) is 6.61 Å². The van der Waals surface area contributed by atoms with Gasteiger partial charge in [0.2, 0.25) is 5.88 Å². The molecule has 49 heavy (non-hydrogen) atoms. The minimum absolute atomic E-state index is 0.0384. The minimum Gasteiger partial charge on any atom is -0.478 e. The molecule has 1 aliphatic heterocycles. The molecule has 1 atom stereocenters. The molecule has 12 heteroatoms. The summed E-state index contributed by atoms with van der Waals surface area (Å²) in [6.45, 7) is 2.63. The molecule has 0 aliphatic carbocycles. The van der Waals surface area contributed by atoms with Crippen LogP contribution < -0.4 is 4.74 Å². The molecule has 3 aromatic heterocycles. The summed E-state index contributed by atoms with van der Waals surface area (Å²) in [6.07, 6.45) is 5.68. The average molecular weight is 667 g/mol. The summed E-state index contributed by atoms with van der Waals surface area (Å²) >= 11 is 0. The van der Waals surface area contributed by atoms with E-state index >= 15 is 8.78 Å². The van der Waals surface area contributed by atoms with Gasteiger partial charge in [0, 0.05) is 37.1 Å². The second-order valence-corrected chi connectivity index (χ2v) is 11.6. The fourth-order valence-corrected chi connectivity index (χ4v) is 5.58. The highest BCUT2D eigenvalue weighted by atomic mass is 19.1. The third-order valence-corrected chi connectivity index (χ3v) is 8.27. The number of ether oxygens (including phenoxy) is 2. The molecule has 6 aromatic rings. The zero-order valence-corrected chi connectivity index (χ0v) is 26.2. The Morgan fingerprint density at radius 2 is 1.84 bits per heavy atom. The Kier molecular flexibility index (Phi) is 8.70. The van der Waals surface area contributed by atoms with Crippen molar-refractivity contribution in [1.29, 1.82) is 0 Å². The van der Waals surface area contributed by atoms with Crippen molar-refractivity contribution >= 4 is 29.2 Å². The molecule has 1 fully saturated rings. The molecule has 4 heterocycles. The number of aromatic nitrogens is 4. The van der Waals surface area contributed by atoms with Gasteiger partial charge in [-0.15, -0.1) is 0 Å². The van der Waals surface area contributed by atoms with Crippen LogP contribution in [0.25, 0.3) is 34.4 Å². The number of aromatic carboxylic acids is 1. The average Bonchev–Trinajstić information content (AvgIpc) is 3.64. The molecule has 1 saturated heterocycles. The maximum absolute atomic E-state index is 15.6. The first kappa shape index (κ1) is 31.8. The van der Waals surface area contributed by atoms with E-state index in [2.05, 4.69) is 15.0 Å². The zero-order valence-electron chi connectivity index (χ0n) is 26.2. The van der Waals surface area contributed by atoms with Gasteiger partial charge in [-0.25, -0.2) is 32.9 Å². The Balaban J connectivity index is 1.08. The van der Waals surface area contributed by atoms with Gasteiger partial charge in [0.25, 0.3) is 0 Å². The third kappa shape index (κ3) is 6.95. The van der Waals surface area contributed by atoms with E-state index in [1.165, 1.54) is 24.3 Å². The number of oxazole rings is 1. The van der Waals surface area contributed by atoms with Crippen molar-refractivity contribution in [1.82, 2.24) is 19.5 Å². The van der Waals surface area contributed by atoms with Crippen LogP contribution in [0.5, 0.6) is 5.88 Å². The van der Waals surface area contributed by atoms with E-state index in [1.807, 2.05) is 4.57 Å². The number of nitrogens with zero attached hydrogens (tertiary/aromatic N) is 4. The monoisotopic (exact) mass is 666 g/mol. The van der Waals surface area contributed by atoms with E-state index in [9.17, 15) is 14.3 Å². The van der Waals surface area contributed by atoms with Crippen LogP contribution in [0.2, 0.25) is 0 Å². The van der Waals surface area contributed by atoms with Crippen molar-refractivity contribution < 1.29 is 37.0 Å². The van der Waals surface area contributed by atoms with E-state index in [1.54, 1.807) is 55.6 Å². The van der Waals surface area contributed by atoms with Crippen LogP contribution in [-0.2, 0) is 24.3 Å². The summed E-state index contributed by atoms with van der Waals surface area (Å²) < 4.78 is 64.5. The number of benzene rings is 3. The van der Waals surface area contributed by atoms with Gasteiger partial charge in [-0.1, -0.05) is 24.3 Å². The number of aryl methyl sites for hydroxylation is 1. The van der Waals surface area contributed by atoms with Crippen LogP contribution >= 0.6 is 0 Å². The number of carboxylic acids is 1. The summed E-state index contributed by atoms with van der Waals surface area (Å²) in [5, 5.41) is 9.49. The van der Waals surface area contributed by atoms with Crippen LogP contribution in [0.4, 0.5) is 13.2 Å². The molecular weight excluding hydrogens is 637 g/mol. The van der Waals surface area contributed by atoms with Crippen molar-refractivity contribution in [3.63, 3.8) is 0 Å². The van der Waals surface area contributed by atoms with Crippen LogP contribution in [0, 0.1) is 24.4 Å². The first-order valence-electron chi connectivity index (χ1n) is 15.5. The van der Waals surface area contributed by atoms with Crippen molar-refractivity contribution in [3.8, 4) is 17.1 Å². The number of rotatable bonds is 11. The topological polar surface area (TPSA) is 113 Å². The van der Waals surface area contributed by atoms with Gasteiger partial charge in [0.05, 0.1) is 41.1 Å². The molecule has 0 saturated carbocycles. The van der Waals surface area contributed by atoms with Gasteiger partial charge in [0.15, 0.2) is 5.89 Å². The molecule has 1 N–H and O–H groups in total. The Bertz CT molecular complexity index is 2220. The molecule has 0 bridgehead atoms. The van der Waals surface area contributed by atoms with Crippen LogP contribution in [0.3, 0.4) is 0 Å². The Morgan fingerprint density at radius 1 is 1.00 bits per heavy atom. The second kappa shape index (κ2) is 13.4. The number of hydrogen-bond donors (Lipinski definition) is 1. The second-order valence-electron chi connectivity index (χ2n) is 11.6. The number of fused-ring (bicyclic) bond motifs is 1. The highest BCUT2D eigenvalue weighted by molar-refractivity contribution is 5.92. The summed E-state index contributed by atoms with van der Waals surface area (Å²) in [7, 11) is 0. The number of imidazole rings is 1. The van der Waals surface area contributed by atoms with E-state index < -0.39 is 23.4 Å². The fraction of sp³-hybridized carbons (Fsp3) is 0.189. The van der Waals surface area contributed by atoms with Crippen molar-refractivity contribution in [3.05, 3.63) is 130 Å². The van der Waals surface area contributed by atoms with E-state index in [-0.39, 0.29) is 53.0 Å². The highest BCUT2D eigenvalue weighted by Gasteiger charge is 2.24. The minimum atomic E-state index is -1.08. The lowest BCUT2D eigenvalue weighted by atomic mass is 10.0. The summed E-state index contributed by atoms with van der Waals surface area (Å²) in [6, 6.07) is 16.1. The van der Waals surface area contributed by atoms with Gasteiger partial charge in [-0.3, -0.25) is 0 Å².